The lowest BCUT2D eigenvalue weighted by Gasteiger charge is -2.07. The van der Waals surface area contributed by atoms with Gasteiger partial charge in [0.2, 0.25) is 11.4 Å². The number of nitro groups is 1. The minimum absolute atomic E-state index is 0.534. The van der Waals surface area contributed by atoms with Crippen LogP contribution in [0, 0.1) is 15.9 Å². The van der Waals surface area contributed by atoms with Crippen LogP contribution in [0.25, 0.3) is 0 Å². The molecule has 0 fully saturated rings. The molecule has 0 bridgehead atoms. The SMILES string of the molecule is O=C(O)c1nccnc1Oc1c(F)cccc1[N+](=O)[O-]. The van der Waals surface area contributed by atoms with Crippen molar-refractivity contribution in [1.29, 1.82) is 0 Å². The number of ether oxygens (including phenoxy) is 1. The molecule has 0 radical (unpaired) electrons. The van der Waals surface area contributed by atoms with Gasteiger partial charge in [-0.25, -0.2) is 19.2 Å². The first-order valence-corrected chi connectivity index (χ1v) is 5.15. The van der Waals surface area contributed by atoms with Crippen LogP contribution in [-0.4, -0.2) is 26.0 Å². The molecule has 1 aromatic carbocycles. The number of hydrogen-bond acceptors (Lipinski definition) is 6. The Morgan fingerprint density at radius 2 is 2.05 bits per heavy atom. The Kier molecular flexibility index (Phi) is 3.51. The van der Waals surface area contributed by atoms with Crippen molar-refractivity contribution in [3.05, 3.63) is 52.2 Å². The van der Waals surface area contributed by atoms with Crippen LogP contribution >= 0.6 is 0 Å². The van der Waals surface area contributed by atoms with Crippen LogP contribution < -0.4 is 4.74 Å². The number of carboxylic acid groups (broad SMARTS) is 1. The van der Waals surface area contributed by atoms with Crippen LogP contribution in [-0.2, 0) is 0 Å². The van der Waals surface area contributed by atoms with E-state index in [4.69, 9.17) is 9.84 Å². The highest BCUT2D eigenvalue weighted by atomic mass is 19.1. The van der Waals surface area contributed by atoms with Crippen LogP contribution in [0.2, 0.25) is 0 Å². The zero-order valence-corrected chi connectivity index (χ0v) is 9.69. The smallest absolute Gasteiger partial charge is 0.360 e. The lowest BCUT2D eigenvalue weighted by molar-refractivity contribution is -0.385. The van der Waals surface area contributed by atoms with E-state index in [0.717, 1.165) is 30.6 Å². The highest BCUT2D eigenvalue weighted by Crippen LogP contribution is 2.33. The highest BCUT2D eigenvalue weighted by molar-refractivity contribution is 5.87. The molecular formula is C11H6FN3O5. The van der Waals surface area contributed by atoms with E-state index in [9.17, 15) is 19.3 Å². The molecule has 1 heterocycles. The van der Waals surface area contributed by atoms with Gasteiger partial charge in [-0.2, -0.15) is 0 Å². The Labute approximate surface area is 110 Å². The number of nitrogens with zero attached hydrogens (tertiary/aromatic N) is 3. The Morgan fingerprint density at radius 3 is 2.70 bits per heavy atom. The summed E-state index contributed by atoms with van der Waals surface area (Å²) in [5, 5.41) is 19.7. The second-order valence-electron chi connectivity index (χ2n) is 3.46. The second kappa shape index (κ2) is 5.26. The molecule has 0 aliphatic heterocycles. The summed E-state index contributed by atoms with van der Waals surface area (Å²) < 4.78 is 18.5. The number of carboxylic acids is 1. The number of benzene rings is 1. The maximum Gasteiger partial charge on any atom is 0.360 e. The Balaban J connectivity index is 2.51. The third-order valence-corrected chi connectivity index (χ3v) is 2.21. The molecule has 0 saturated heterocycles. The van der Waals surface area contributed by atoms with Crippen molar-refractivity contribution in [3.8, 4) is 11.6 Å². The first-order chi connectivity index (χ1) is 9.50. The minimum Gasteiger partial charge on any atom is -0.476 e. The highest BCUT2D eigenvalue weighted by Gasteiger charge is 2.23. The van der Waals surface area contributed by atoms with Crippen molar-refractivity contribution in [1.82, 2.24) is 9.97 Å². The van der Waals surface area contributed by atoms with E-state index in [1.54, 1.807) is 0 Å². The van der Waals surface area contributed by atoms with Gasteiger partial charge >= 0.3 is 11.7 Å². The van der Waals surface area contributed by atoms with Crippen LogP contribution in [0.1, 0.15) is 10.5 Å². The Bertz CT molecular complexity index is 692. The van der Waals surface area contributed by atoms with E-state index in [-0.39, 0.29) is 0 Å². The van der Waals surface area contributed by atoms with Gasteiger partial charge in [0.1, 0.15) is 0 Å². The molecule has 0 atom stereocenters. The van der Waals surface area contributed by atoms with Crippen LogP contribution in [0.4, 0.5) is 10.1 Å². The zero-order valence-electron chi connectivity index (χ0n) is 9.69. The third-order valence-electron chi connectivity index (χ3n) is 2.21. The van der Waals surface area contributed by atoms with Gasteiger partial charge < -0.3 is 9.84 Å². The van der Waals surface area contributed by atoms with Gasteiger partial charge in [0.15, 0.2) is 5.82 Å². The fourth-order valence-corrected chi connectivity index (χ4v) is 1.39. The maximum atomic E-state index is 13.6. The monoisotopic (exact) mass is 279 g/mol. The number of halogens is 1. The molecular weight excluding hydrogens is 273 g/mol. The molecule has 9 heteroatoms. The topological polar surface area (TPSA) is 115 Å². The standard InChI is InChI=1S/C11H6FN3O5/c12-6-2-1-3-7(15(18)19)9(6)20-10-8(11(16)17)13-4-5-14-10/h1-5H,(H,16,17). The molecule has 2 aromatic rings. The summed E-state index contributed by atoms with van der Waals surface area (Å²) in [7, 11) is 0. The maximum absolute atomic E-state index is 13.6. The predicted octanol–water partition coefficient (Wildman–Crippen LogP) is 2.01. The molecule has 8 nitrogen and oxygen atoms in total. The second-order valence-corrected chi connectivity index (χ2v) is 3.46. The summed E-state index contributed by atoms with van der Waals surface area (Å²) in [4.78, 5) is 27.9. The summed E-state index contributed by atoms with van der Waals surface area (Å²) in [6.07, 6.45) is 2.22. The lowest BCUT2D eigenvalue weighted by Crippen LogP contribution is -2.06. The zero-order chi connectivity index (χ0) is 14.7. The quantitative estimate of drug-likeness (QED) is 0.672. The molecule has 102 valence electrons. The first-order valence-electron chi connectivity index (χ1n) is 5.15. The van der Waals surface area contributed by atoms with Crippen molar-refractivity contribution < 1.29 is 24.0 Å². The number of para-hydroxylation sites is 1. The van der Waals surface area contributed by atoms with Crippen LogP contribution in [0.5, 0.6) is 11.6 Å². The molecule has 2 rings (SSSR count). The van der Waals surface area contributed by atoms with Crippen molar-refractivity contribution in [3.63, 3.8) is 0 Å². The fourth-order valence-electron chi connectivity index (χ4n) is 1.39. The van der Waals surface area contributed by atoms with Crippen molar-refractivity contribution in [2.45, 2.75) is 0 Å². The number of nitro benzene ring substituents is 1. The lowest BCUT2D eigenvalue weighted by atomic mass is 10.3. The number of carbonyl (C=O) groups is 1. The third kappa shape index (κ3) is 2.51. The summed E-state index contributed by atoms with van der Waals surface area (Å²) in [6, 6.07) is 3.10. The van der Waals surface area contributed by atoms with Gasteiger partial charge in [0.05, 0.1) is 4.92 Å². The summed E-state index contributed by atoms with van der Waals surface area (Å²) in [5.74, 6) is -3.72. The number of aromatic carboxylic acids is 1. The summed E-state index contributed by atoms with van der Waals surface area (Å²) in [6.45, 7) is 0. The van der Waals surface area contributed by atoms with E-state index in [1.165, 1.54) is 0 Å². The number of rotatable bonds is 4. The van der Waals surface area contributed by atoms with E-state index in [1.807, 2.05) is 0 Å². The molecule has 0 aliphatic rings. The molecule has 0 unspecified atom stereocenters. The average Bonchev–Trinajstić information content (AvgIpc) is 2.41. The fraction of sp³-hybridized carbons (Fsp3) is 0. The largest absolute Gasteiger partial charge is 0.476 e. The van der Waals surface area contributed by atoms with Crippen LogP contribution in [0.3, 0.4) is 0 Å². The minimum atomic E-state index is -1.45. The van der Waals surface area contributed by atoms with E-state index in [2.05, 4.69) is 9.97 Å². The molecule has 1 aromatic heterocycles. The van der Waals surface area contributed by atoms with E-state index >= 15 is 0 Å². The molecule has 0 amide bonds. The first kappa shape index (κ1) is 13.3. The van der Waals surface area contributed by atoms with Crippen LogP contribution in [0.15, 0.2) is 30.6 Å². The Hall–Kier alpha value is -3.10. The Morgan fingerprint density at radius 1 is 1.35 bits per heavy atom. The molecule has 1 N–H and O–H groups in total. The molecule has 0 aliphatic carbocycles. The van der Waals surface area contributed by atoms with Gasteiger partial charge in [0.25, 0.3) is 5.88 Å². The molecule has 0 spiro atoms. The summed E-state index contributed by atoms with van der Waals surface area (Å²) >= 11 is 0. The molecule has 0 saturated carbocycles. The van der Waals surface area contributed by atoms with Gasteiger partial charge in [-0.05, 0) is 6.07 Å². The van der Waals surface area contributed by atoms with Crippen molar-refractivity contribution in [2.24, 2.45) is 0 Å². The van der Waals surface area contributed by atoms with Gasteiger partial charge in [-0.15, -0.1) is 0 Å². The summed E-state index contributed by atoms with van der Waals surface area (Å²) in [5.41, 5.74) is -1.22. The number of hydrogen-bond donors (Lipinski definition) is 1. The molecule has 20 heavy (non-hydrogen) atoms. The normalized spacial score (nSPS) is 10.1. The average molecular weight is 279 g/mol. The van der Waals surface area contributed by atoms with E-state index < -0.39 is 39.7 Å². The van der Waals surface area contributed by atoms with E-state index in [0.29, 0.717) is 0 Å². The van der Waals surface area contributed by atoms with Crippen molar-refractivity contribution >= 4 is 11.7 Å². The van der Waals surface area contributed by atoms with Crippen molar-refractivity contribution in [2.75, 3.05) is 0 Å². The number of aromatic nitrogens is 2. The predicted molar refractivity (Wildman–Crippen MR) is 62.1 cm³/mol. The van der Waals surface area contributed by atoms with Gasteiger partial charge in [0, 0.05) is 18.5 Å². The van der Waals surface area contributed by atoms with Gasteiger partial charge in [-0.1, -0.05) is 6.07 Å². The van der Waals surface area contributed by atoms with Gasteiger partial charge in [-0.3, -0.25) is 10.1 Å².